The molecule has 3 heterocycles. The van der Waals surface area contributed by atoms with Crippen LogP contribution in [-0.4, -0.2) is 19.6 Å². The Kier molecular flexibility index (Phi) is 5.85. The maximum absolute atomic E-state index is 14.3. The number of pyridine rings is 1. The summed E-state index contributed by atoms with van der Waals surface area (Å²) in [5, 5.41) is 16.5. The second-order valence-corrected chi connectivity index (χ2v) is 6.23. The Labute approximate surface area is 188 Å². The van der Waals surface area contributed by atoms with Crippen LogP contribution in [0.25, 0.3) is 28.0 Å². The van der Waals surface area contributed by atoms with Crippen molar-refractivity contribution in [1.29, 1.82) is 0 Å². The van der Waals surface area contributed by atoms with Crippen LogP contribution < -0.4 is 34.7 Å². The normalized spacial score (nSPS) is 11.5. The predicted molar refractivity (Wildman–Crippen MR) is 90.8 cm³/mol. The van der Waals surface area contributed by atoms with E-state index >= 15 is 0 Å². The molecular formula is C19H10F5N4NaO. The summed E-state index contributed by atoms with van der Waals surface area (Å²) in [5.74, 6) is -2.24. The van der Waals surface area contributed by atoms with Crippen molar-refractivity contribution in [1.82, 2.24) is 19.6 Å². The first kappa shape index (κ1) is 22.1. The van der Waals surface area contributed by atoms with Crippen LogP contribution in [0.1, 0.15) is 11.4 Å². The molecule has 0 fully saturated rings. The summed E-state index contributed by atoms with van der Waals surface area (Å²) in [6.45, 7) is 1.53. The topological polar surface area (TPSA) is 66.1 Å². The van der Waals surface area contributed by atoms with Crippen LogP contribution in [0.3, 0.4) is 0 Å². The van der Waals surface area contributed by atoms with Crippen molar-refractivity contribution in [2.75, 3.05) is 0 Å². The number of benzene rings is 1. The second kappa shape index (κ2) is 7.93. The fourth-order valence-electron chi connectivity index (χ4n) is 2.96. The number of hydrogen-bond acceptors (Lipinski definition) is 4. The SMILES string of the molecule is Cc1nn2c([O-])cc(-c3ccc(C(F)(F)F)nc3)nc2c1-c1ccc(F)cc1F.[Na+]. The van der Waals surface area contributed by atoms with Crippen molar-refractivity contribution in [2.24, 2.45) is 0 Å². The van der Waals surface area contributed by atoms with Crippen LogP contribution in [0, 0.1) is 18.6 Å². The first-order chi connectivity index (χ1) is 13.6. The summed E-state index contributed by atoms with van der Waals surface area (Å²) in [6, 6.07) is 5.95. The second-order valence-electron chi connectivity index (χ2n) is 6.23. The minimum atomic E-state index is -4.60. The molecule has 4 rings (SSSR count). The van der Waals surface area contributed by atoms with Gasteiger partial charge in [0.25, 0.3) is 0 Å². The number of rotatable bonds is 2. The fourth-order valence-corrected chi connectivity index (χ4v) is 2.96. The van der Waals surface area contributed by atoms with E-state index in [1.807, 2.05) is 0 Å². The Bertz CT molecular complexity index is 1240. The number of nitrogens with zero attached hydrogens (tertiary/aromatic N) is 4. The van der Waals surface area contributed by atoms with Crippen molar-refractivity contribution in [3.05, 3.63) is 65.6 Å². The van der Waals surface area contributed by atoms with Gasteiger partial charge in [-0.2, -0.15) is 18.3 Å². The van der Waals surface area contributed by atoms with E-state index in [0.717, 1.165) is 35.0 Å². The maximum atomic E-state index is 14.3. The number of hydrogen-bond donors (Lipinski definition) is 0. The Morgan fingerprint density at radius 3 is 2.37 bits per heavy atom. The van der Waals surface area contributed by atoms with E-state index in [2.05, 4.69) is 15.1 Å². The van der Waals surface area contributed by atoms with Gasteiger partial charge in [0.05, 0.1) is 17.0 Å². The van der Waals surface area contributed by atoms with Crippen molar-refractivity contribution >= 4 is 5.65 Å². The van der Waals surface area contributed by atoms with Gasteiger partial charge >= 0.3 is 35.7 Å². The summed E-state index contributed by atoms with van der Waals surface area (Å²) in [5.41, 5.74) is -0.415. The monoisotopic (exact) mass is 428 g/mol. The number of fused-ring (bicyclic) bond motifs is 1. The molecule has 1 aromatic carbocycles. The van der Waals surface area contributed by atoms with E-state index in [1.54, 1.807) is 0 Å². The van der Waals surface area contributed by atoms with Gasteiger partial charge < -0.3 is 5.11 Å². The van der Waals surface area contributed by atoms with Gasteiger partial charge in [-0.05, 0) is 43.1 Å². The average molecular weight is 428 g/mol. The first-order valence-electron chi connectivity index (χ1n) is 8.21. The Hall–Kier alpha value is -2.56. The molecule has 0 bridgehead atoms. The molecule has 0 aliphatic carbocycles. The van der Waals surface area contributed by atoms with Crippen LogP contribution in [0.2, 0.25) is 0 Å². The number of aromatic nitrogens is 4. The maximum Gasteiger partial charge on any atom is 1.00 e. The van der Waals surface area contributed by atoms with Crippen LogP contribution in [-0.2, 0) is 6.18 Å². The van der Waals surface area contributed by atoms with E-state index in [0.29, 0.717) is 6.07 Å². The van der Waals surface area contributed by atoms with E-state index in [9.17, 15) is 27.1 Å². The molecule has 0 atom stereocenters. The first-order valence-corrected chi connectivity index (χ1v) is 8.21. The summed E-state index contributed by atoms with van der Waals surface area (Å²) in [6.07, 6.45) is -3.65. The molecule has 0 aliphatic rings. The third kappa shape index (κ3) is 3.90. The zero-order valence-electron chi connectivity index (χ0n) is 15.6. The molecule has 3 aromatic heterocycles. The molecule has 0 N–H and O–H groups in total. The Morgan fingerprint density at radius 1 is 1.03 bits per heavy atom. The average Bonchev–Trinajstić information content (AvgIpc) is 2.98. The fraction of sp³-hybridized carbons (Fsp3) is 0.105. The molecule has 4 aromatic rings. The van der Waals surface area contributed by atoms with Gasteiger partial charge in [0.2, 0.25) is 0 Å². The largest absolute Gasteiger partial charge is 1.00 e. The molecule has 148 valence electrons. The summed E-state index contributed by atoms with van der Waals surface area (Å²) < 4.78 is 66.6. The molecule has 11 heteroatoms. The standard InChI is InChI=1S/C19H11F5N4O.Na/c1-9-17(12-4-3-11(20)6-13(12)21)18-26-14(7-16(29)28(18)27-9)10-2-5-15(25-8-10)19(22,23)24;/h2-8,29H,1H3;/q;+1/p-1. The zero-order chi connectivity index (χ0) is 20.9. The predicted octanol–water partition coefficient (Wildman–Crippen LogP) is 1.14. The molecule has 0 radical (unpaired) electrons. The smallest absolute Gasteiger partial charge is 0.858 e. The third-order valence-electron chi connectivity index (χ3n) is 4.28. The Balaban J connectivity index is 0.00000256. The molecule has 0 saturated carbocycles. The summed E-state index contributed by atoms with van der Waals surface area (Å²) >= 11 is 0. The Morgan fingerprint density at radius 2 is 1.77 bits per heavy atom. The molecule has 30 heavy (non-hydrogen) atoms. The van der Waals surface area contributed by atoms with Gasteiger partial charge in [-0.25, -0.2) is 18.3 Å². The van der Waals surface area contributed by atoms with E-state index in [-0.39, 0.29) is 63.3 Å². The molecular weight excluding hydrogens is 418 g/mol. The van der Waals surface area contributed by atoms with Crippen LogP contribution in [0.5, 0.6) is 5.88 Å². The van der Waals surface area contributed by atoms with Crippen LogP contribution in [0.4, 0.5) is 22.0 Å². The van der Waals surface area contributed by atoms with E-state index in [1.165, 1.54) is 13.0 Å². The summed E-state index contributed by atoms with van der Waals surface area (Å²) in [7, 11) is 0. The number of halogens is 5. The molecule has 0 aliphatic heterocycles. The van der Waals surface area contributed by atoms with Gasteiger partial charge in [0.1, 0.15) is 17.3 Å². The number of alkyl halides is 3. The summed E-state index contributed by atoms with van der Waals surface area (Å²) in [4.78, 5) is 7.63. The molecule has 0 amide bonds. The van der Waals surface area contributed by atoms with Crippen molar-refractivity contribution in [3.8, 4) is 28.3 Å². The molecule has 0 unspecified atom stereocenters. The van der Waals surface area contributed by atoms with Gasteiger partial charge in [0.15, 0.2) is 5.65 Å². The molecule has 0 saturated heterocycles. The molecule has 5 nitrogen and oxygen atoms in total. The zero-order valence-corrected chi connectivity index (χ0v) is 17.6. The third-order valence-corrected chi connectivity index (χ3v) is 4.28. The molecule has 0 spiro atoms. The minimum Gasteiger partial charge on any atom is -0.858 e. The minimum absolute atomic E-state index is 0. The quantitative estimate of drug-likeness (QED) is 0.355. The van der Waals surface area contributed by atoms with Crippen molar-refractivity contribution in [2.45, 2.75) is 13.1 Å². The van der Waals surface area contributed by atoms with Gasteiger partial charge in [-0.15, -0.1) is 0 Å². The van der Waals surface area contributed by atoms with Crippen LogP contribution in [0.15, 0.2) is 42.6 Å². The van der Waals surface area contributed by atoms with Crippen LogP contribution >= 0.6 is 0 Å². The van der Waals surface area contributed by atoms with Gasteiger partial charge in [-0.3, -0.25) is 4.98 Å². The van der Waals surface area contributed by atoms with E-state index in [4.69, 9.17) is 0 Å². The van der Waals surface area contributed by atoms with Crippen molar-refractivity contribution < 1.29 is 56.6 Å². The van der Waals surface area contributed by atoms with E-state index < -0.39 is 29.4 Å². The van der Waals surface area contributed by atoms with Gasteiger partial charge in [0, 0.05) is 23.4 Å². The van der Waals surface area contributed by atoms with Crippen molar-refractivity contribution in [3.63, 3.8) is 0 Å². The van der Waals surface area contributed by atoms with Gasteiger partial charge in [-0.1, -0.05) is 0 Å². The number of aryl methyl sites for hydroxylation is 1.